The average Bonchev–Trinajstić information content (AvgIpc) is 3.20. The Labute approximate surface area is 186 Å². The Morgan fingerprint density at radius 1 is 0.679 bits per heavy atom. The van der Waals surface area contributed by atoms with Crippen molar-refractivity contribution in [2.24, 2.45) is 11.8 Å². The summed E-state index contributed by atoms with van der Waals surface area (Å²) in [4.78, 5) is 0. The maximum atomic E-state index is 3.77. The van der Waals surface area contributed by atoms with Gasteiger partial charge in [-0.1, -0.05) is 107 Å². The van der Waals surface area contributed by atoms with Gasteiger partial charge in [0.05, 0.1) is 0 Å². The number of benzene rings is 2. The lowest BCUT2D eigenvalue weighted by Gasteiger charge is -2.24. The molecule has 2 aromatic rings. The van der Waals surface area contributed by atoms with Gasteiger partial charge in [-0.2, -0.15) is 0 Å². The smallest absolute Gasteiger partial charge is 0.0250 e. The Balaban J connectivity index is 1.64. The van der Waals surface area contributed by atoms with Crippen LogP contribution in [0.25, 0.3) is 12.2 Å². The van der Waals surface area contributed by atoms with Gasteiger partial charge < -0.3 is 0 Å². The number of fused-ring (bicyclic) bond motifs is 2. The van der Waals surface area contributed by atoms with Crippen molar-refractivity contribution in [2.45, 2.75) is 52.4 Å². The highest BCUT2D eigenvalue weighted by Crippen LogP contribution is 2.49. The van der Waals surface area contributed by atoms with Crippen molar-refractivity contribution in [1.29, 1.82) is 0 Å². The summed E-state index contributed by atoms with van der Waals surface area (Å²) < 4.78 is 2.45. The highest BCUT2D eigenvalue weighted by Gasteiger charge is 2.32. The monoisotopic (exact) mass is 498 g/mol. The topological polar surface area (TPSA) is 0 Å². The van der Waals surface area contributed by atoms with E-state index < -0.39 is 0 Å². The molecule has 146 valence electrons. The molecular formula is C26H28Br2. The van der Waals surface area contributed by atoms with E-state index in [9.17, 15) is 0 Å². The van der Waals surface area contributed by atoms with E-state index in [1.807, 2.05) is 0 Å². The third-order valence-electron chi connectivity index (χ3n) is 6.43. The van der Waals surface area contributed by atoms with Crippen molar-refractivity contribution in [3.63, 3.8) is 0 Å². The molecule has 28 heavy (non-hydrogen) atoms. The van der Waals surface area contributed by atoms with E-state index in [4.69, 9.17) is 0 Å². The quantitative estimate of drug-likeness (QED) is 0.385. The SMILES string of the molecule is CC(C)C1=Cc2c(Br)cccc2C1CCC1C(C(C)C)=Cc2c(Br)cccc21. The molecule has 0 aliphatic heterocycles. The zero-order chi connectivity index (χ0) is 20.0. The molecule has 2 atom stereocenters. The molecule has 2 heteroatoms. The van der Waals surface area contributed by atoms with Gasteiger partial charge in [0, 0.05) is 20.8 Å². The zero-order valence-electron chi connectivity index (χ0n) is 17.1. The third-order valence-corrected chi connectivity index (χ3v) is 7.81. The Morgan fingerprint density at radius 2 is 1.07 bits per heavy atom. The number of hydrogen-bond acceptors (Lipinski definition) is 0. The summed E-state index contributed by atoms with van der Waals surface area (Å²) in [5.74, 6) is 2.23. The highest BCUT2D eigenvalue weighted by atomic mass is 79.9. The van der Waals surface area contributed by atoms with Crippen LogP contribution in [0.5, 0.6) is 0 Å². The molecule has 2 aromatic carbocycles. The van der Waals surface area contributed by atoms with Crippen LogP contribution >= 0.6 is 31.9 Å². The summed E-state index contributed by atoms with van der Waals surface area (Å²) in [5.41, 5.74) is 8.96. The summed E-state index contributed by atoms with van der Waals surface area (Å²) >= 11 is 7.54. The summed E-state index contributed by atoms with van der Waals surface area (Å²) in [6.07, 6.45) is 7.28. The summed E-state index contributed by atoms with van der Waals surface area (Å²) in [5, 5.41) is 0. The second kappa shape index (κ2) is 7.95. The maximum absolute atomic E-state index is 3.77. The zero-order valence-corrected chi connectivity index (χ0v) is 20.3. The Bertz CT molecular complexity index is 883. The van der Waals surface area contributed by atoms with E-state index in [1.54, 1.807) is 11.1 Å². The predicted molar refractivity (Wildman–Crippen MR) is 129 cm³/mol. The highest BCUT2D eigenvalue weighted by molar-refractivity contribution is 9.10. The Morgan fingerprint density at radius 3 is 1.43 bits per heavy atom. The molecule has 2 aliphatic rings. The van der Waals surface area contributed by atoms with Crippen LogP contribution in [0.1, 0.15) is 74.6 Å². The summed E-state index contributed by atoms with van der Waals surface area (Å²) in [6, 6.07) is 13.4. The molecule has 0 radical (unpaired) electrons. The molecular weight excluding hydrogens is 472 g/mol. The van der Waals surface area contributed by atoms with E-state index >= 15 is 0 Å². The van der Waals surface area contributed by atoms with E-state index in [0.29, 0.717) is 23.7 Å². The van der Waals surface area contributed by atoms with Crippen LogP contribution in [0.4, 0.5) is 0 Å². The van der Waals surface area contributed by atoms with Crippen LogP contribution in [0, 0.1) is 11.8 Å². The molecule has 0 fully saturated rings. The lowest BCUT2D eigenvalue weighted by atomic mass is 9.80. The average molecular weight is 500 g/mol. The molecule has 0 heterocycles. The first-order chi connectivity index (χ1) is 13.4. The van der Waals surface area contributed by atoms with Gasteiger partial charge in [0.1, 0.15) is 0 Å². The van der Waals surface area contributed by atoms with Gasteiger partial charge in [-0.05, 0) is 59.1 Å². The fourth-order valence-electron chi connectivity index (χ4n) is 5.03. The van der Waals surface area contributed by atoms with Crippen molar-refractivity contribution in [3.05, 3.63) is 78.7 Å². The van der Waals surface area contributed by atoms with Crippen LogP contribution < -0.4 is 0 Å². The molecule has 0 aromatic heterocycles. The van der Waals surface area contributed by atoms with Gasteiger partial charge in [-0.15, -0.1) is 0 Å². The fourth-order valence-corrected chi connectivity index (χ4v) is 6.02. The second-order valence-corrected chi connectivity index (χ2v) is 10.5. The van der Waals surface area contributed by atoms with Crippen LogP contribution in [-0.4, -0.2) is 0 Å². The largest absolute Gasteiger partial charge is 0.0608 e. The molecule has 0 amide bonds. The van der Waals surface area contributed by atoms with Crippen molar-refractivity contribution in [3.8, 4) is 0 Å². The van der Waals surface area contributed by atoms with Crippen molar-refractivity contribution in [2.75, 3.05) is 0 Å². The van der Waals surface area contributed by atoms with Crippen LogP contribution in [0.3, 0.4) is 0 Å². The first-order valence-corrected chi connectivity index (χ1v) is 12.0. The van der Waals surface area contributed by atoms with Gasteiger partial charge in [0.2, 0.25) is 0 Å². The number of hydrogen-bond donors (Lipinski definition) is 0. The predicted octanol–water partition coefficient (Wildman–Crippen LogP) is 8.97. The van der Waals surface area contributed by atoms with E-state index in [-0.39, 0.29) is 0 Å². The second-order valence-electron chi connectivity index (χ2n) is 8.77. The first kappa shape index (κ1) is 20.2. The van der Waals surface area contributed by atoms with Crippen molar-refractivity contribution in [1.82, 2.24) is 0 Å². The molecule has 4 rings (SSSR count). The number of allylic oxidation sites excluding steroid dienone is 2. The van der Waals surface area contributed by atoms with Gasteiger partial charge in [0.25, 0.3) is 0 Å². The molecule has 2 aliphatic carbocycles. The van der Waals surface area contributed by atoms with Crippen LogP contribution in [0.2, 0.25) is 0 Å². The lowest BCUT2D eigenvalue weighted by molar-refractivity contribution is 0.549. The molecule has 0 spiro atoms. The Hall–Kier alpha value is -1.12. The molecule has 0 saturated heterocycles. The fraction of sp³-hybridized carbons (Fsp3) is 0.385. The van der Waals surface area contributed by atoms with Gasteiger partial charge >= 0.3 is 0 Å². The summed E-state index contributed by atoms with van der Waals surface area (Å²) in [6.45, 7) is 9.33. The van der Waals surface area contributed by atoms with E-state index in [0.717, 1.165) is 0 Å². The minimum atomic E-state index is 0.539. The molecule has 2 unspecified atom stereocenters. The van der Waals surface area contributed by atoms with E-state index in [2.05, 4.69) is 108 Å². The molecule has 0 bridgehead atoms. The van der Waals surface area contributed by atoms with Crippen LogP contribution in [-0.2, 0) is 0 Å². The number of rotatable bonds is 5. The molecule has 0 saturated carbocycles. The molecule has 0 nitrogen and oxygen atoms in total. The van der Waals surface area contributed by atoms with E-state index in [1.165, 1.54) is 44.0 Å². The first-order valence-electron chi connectivity index (χ1n) is 10.4. The van der Waals surface area contributed by atoms with Crippen LogP contribution in [0.15, 0.2) is 56.5 Å². The normalized spacial score (nSPS) is 20.4. The lowest BCUT2D eigenvalue weighted by Crippen LogP contribution is -2.09. The third kappa shape index (κ3) is 3.48. The number of halogens is 2. The standard InChI is InChI=1S/C26H28Br2/c1-15(2)21-13-23-17(7-5-9-25(23)27)19(21)11-12-20-18-8-6-10-26(28)24(18)14-22(20)16(3)4/h5-10,13-16,19-20H,11-12H2,1-4H3. The van der Waals surface area contributed by atoms with Gasteiger partial charge in [-0.3, -0.25) is 0 Å². The Kier molecular flexibility index (Phi) is 5.73. The molecule has 0 N–H and O–H groups in total. The van der Waals surface area contributed by atoms with Gasteiger partial charge in [0.15, 0.2) is 0 Å². The maximum Gasteiger partial charge on any atom is 0.0250 e. The summed E-state index contributed by atoms with van der Waals surface area (Å²) in [7, 11) is 0. The van der Waals surface area contributed by atoms with Gasteiger partial charge in [-0.25, -0.2) is 0 Å². The van der Waals surface area contributed by atoms with Crippen molar-refractivity contribution >= 4 is 44.0 Å². The minimum absolute atomic E-state index is 0.539. The van der Waals surface area contributed by atoms with Crippen molar-refractivity contribution < 1.29 is 0 Å². The minimum Gasteiger partial charge on any atom is -0.0608 e.